The van der Waals surface area contributed by atoms with Gasteiger partial charge in [0.25, 0.3) is 0 Å². The Hall–Kier alpha value is -1.74. The predicted octanol–water partition coefficient (Wildman–Crippen LogP) is 5.19. The number of hydrogen-bond donors (Lipinski definition) is 1. The van der Waals surface area contributed by atoms with E-state index in [4.69, 9.17) is 4.74 Å². The highest BCUT2D eigenvalue weighted by Gasteiger charge is 2.09. The molecular weight excluding hydrogens is 314 g/mol. The summed E-state index contributed by atoms with van der Waals surface area (Å²) < 4.78 is 6.27. The van der Waals surface area contributed by atoms with E-state index >= 15 is 0 Å². The Balaban J connectivity index is 2.16. The lowest BCUT2D eigenvalue weighted by Crippen LogP contribution is -2.09. The zero-order chi connectivity index (χ0) is 14.4. The number of rotatable bonds is 6. The van der Waals surface area contributed by atoms with Crippen molar-refractivity contribution in [3.63, 3.8) is 0 Å². The van der Waals surface area contributed by atoms with Gasteiger partial charge in [-0.15, -0.1) is 6.58 Å². The first-order chi connectivity index (χ1) is 9.72. The third kappa shape index (κ3) is 3.87. The van der Waals surface area contributed by atoms with E-state index in [0.717, 1.165) is 22.3 Å². The molecule has 0 radical (unpaired) electrons. The third-order valence-corrected chi connectivity index (χ3v) is 3.63. The number of nitrogens with one attached hydrogen (secondary N) is 1. The van der Waals surface area contributed by atoms with Crippen LogP contribution in [-0.4, -0.2) is 7.11 Å². The Morgan fingerprint density at radius 1 is 1.15 bits per heavy atom. The van der Waals surface area contributed by atoms with Crippen molar-refractivity contribution in [1.82, 2.24) is 0 Å². The van der Waals surface area contributed by atoms with Crippen molar-refractivity contribution in [2.45, 2.75) is 12.5 Å². The molecule has 1 unspecified atom stereocenters. The maximum Gasteiger partial charge on any atom is 0.118 e. The maximum atomic E-state index is 5.19. The first-order valence-electron chi connectivity index (χ1n) is 6.50. The van der Waals surface area contributed by atoms with Crippen LogP contribution < -0.4 is 10.1 Å². The molecule has 1 atom stereocenters. The minimum atomic E-state index is 0.208. The van der Waals surface area contributed by atoms with E-state index in [0.29, 0.717) is 0 Å². The van der Waals surface area contributed by atoms with Gasteiger partial charge in [0.2, 0.25) is 0 Å². The van der Waals surface area contributed by atoms with E-state index < -0.39 is 0 Å². The van der Waals surface area contributed by atoms with Crippen molar-refractivity contribution in [1.29, 1.82) is 0 Å². The molecule has 1 N–H and O–H groups in total. The summed E-state index contributed by atoms with van der Waals surface area (Å²) in [6, 6.07) is 16.5. The Labute approximate surface area is 128 Å². The van der Waals surface area contributed by atoms with Gasteiger partial charge in [0.15, 0.2) is 0 Å². The molecule has 0 spiro atoms. The van der Waals surface area contributed by atoms with Crippen LogP contribution in [0.3, 0.4) is 0 Å². The first-order valence-corrected chi connectivity index (χ1v) is 7.29. The summed E-state index contributed by atoms with van der Waals surface area (Å²) in [5, 5.41) is 3.53. The number of halogens is 1. The third-order valence-electron chi connectivity index (χ3n) is 3.11. The van der Waals surface area contributed by atoms with Crippen LogP contribution in [0.1, 0.15) is 18.0 Å². The van der Waals surface area contributed by atoms with Gasteiger partial charge in [0.1, 0.15) is 5.75 Å². The zero-order valence-electron chi connectivity index (χ0n) is 11.5. The van der Waals surface area contributed by atoms with E-state index in [1.165, 1.54) is 5.56 Å². The molecule has 0 amide bonds. The predicted molar refractivity (Wildman–Crippen MR) is 88.3 cm³/mol. The Kier molecular flexibility index (Phi) is 5.24. The molecule has 0 fully saturated rings. The molecule has 2 aromatic rings. The van der Waals surface area contributed by atoms with Crippen LogP contribution in [0.25, 0.3) is 0 Å². The molecule has 0 saturated carbocycles. The fraction of sp³-hybridized carbons (Fsp3) is 0.176. The van der Waals surface area contributed by atoms with Gasteiger partial charge >= 0.3 is 0 Å². The van der Waals surface area contributed by atoms with Gasteiger partial charge in [0.05, 0.1) is 13.2 Å². The van der Waals surface area contributed by atoms with E-state index in [2.05, 4.69) is 52.1 Å². The van der Waals surface area contributed by atoms with Crippen molar-refractivity contribution in [3.05, 3.63) is 71.2 Å². The van der Waals surface area contributed by atoms with E-state index in [-0.39, 0.29) is 6.04 Å². The molecule has 2 nitrogen and oxygen atoms in total. The van der Waals surface area contributed by atoms with E-state index in [9.17, 15) is 0 Å². The van der Waals surface area contributed by atoms with Gasteiger partial charge in [0, 0.05) is 10.2 Å². The summed E-state index contributed by atoms with van der Waals surface area (Å²) in [6.07, 6.45) is 2.79. The van der Waals surface area contributed by atoms with Crippen LogP contribution in [0.2, 0.25) is 0 Å². The summed E-state index contributed by atoms with van der Waals surface area (Å²) in [5.41, 5.74) is 2.31. The van der Waals surface area contributed by atoms with Crippen molar-refractivity contribution < 1.29 is 4.74 Å². The summed E-state index contributed by atoms with van der Waals surface area (Å²) >= 11 is 3.45. The molecule has 3 heteroatoms. The molecule has 2 rings (SSSR count). The summed E-state index contributed by atoms with van der Waals surface area (Å²) in [4.78, 5) is 0. The van der Waals surface area contributed by atoms with Gasteiger partial charge in [-0.05, 0) is 48.4 Å². The minimum absolute atomic E-state index is 0.208. The molecule has 0 aliphatic carbocycles. The topological polar surface area (TPSA) is 21.3 Å². The summed E-state index contributed by atoms with van der Waals surface area (Å²) in [5.74, 6) is 0.870. The standard InChI is InChI=1S/C17H18BrNO/c1-3-4-17(13-5-11-16(20-2)12-6-13)19-15-9-7-14(18)8-10-15/h3,5-12,17,19H,1,4H2,2H3. The second-order valence-electron chi connectivity index (χ2n) is 4.50. The first kappa shape index (κ1) is 14.7. The second-order valence-corrected chi connectivity index (χ2v) is 5.42. The van der Waals surface area contributed by atoms with Gasteiger partial charge in [-0.25, -0.2) is 0 Å². The number of hydrogen-bond acceptors (Lipinski definition) is 2. The quantitative estimate of drug-likeness (QED) is 0.735. The van der Waals surface area contributed by atoms with Crippen LogP contribution >= 0.6 is 15.9 Å². The number of methoxy groups -OCH3 is 1. The van der Waals surface area contributed by atoms with Crippen LogP contribution in [0.4, 0.5) is 5.69 Å². The summed E-state index contributed by atoms with van der Waals surface area (Å²) in [7, 11) is 1.68. The number of anilines is 1. The Bertz CT molecular complexity index is 548. The van der Waals surface area contributed by atoms with Crippen molar-refractivity contribution in [3.8, 4) is 5.75 Å². The molecular formula is C17H18BrNO. The van der Waals surface area contributed by atoms with Gasteiger partial charge in [-0.1, -0.05) is 34.1 Å². The smallest absolute Gasteiger partial charge is 0.118 e. The molecule has 0 aliphatic rings. The van der Waals surface area contributed by atoms with E-state index in [1.807, 2.05) is 30.3 Å². The zero-order valence-corrected chi connectivity index (χ0v) is 13.1. The average molecular weight is 332 g/mol. The van der Waals surface area contributed by atoms with Gasteiger partial charge in [-0.3, -0.25) is 0 Å². The molecule has 0 saturated heterocycles. The number of ether oxygens (including phenoxy) is 1. The average Bonchev–Trinajstić information content (AvgIpc) is 2.49. The van der Waals surface area contributed by atoms with Crippen LogP contribution in [0.5, 0.6) is 5.75 Å². The fourth-order valence-corrected chi connectivity index (χ4v) is 2.29. The molecule has 0 heterocycles. The van der Waals surface area contributed by atoms with Crippen molar-refractivity contribution in [2.24, 2.45) is 0 Å². The molecule has 0 aromatic heterocycles. The fourth-order valence-electron chi connectivity index (χ4n) is 2.03. The normalized spacial score (nSPS) is 11.7. The van der Waals surface area contributed by atoms with Crippen LogP contribution in [-0.2, 0) is 0 Å². The van der Waals surface area contributed by atoms with Crippen molar-refractivity contribution >= 4 is 21.6 Å². The monoisotopic (exact) mass is 331 g/mol. The van der Waals surface area contributed by atoms with Crippen molar-refractivity contribution in [2.75, 3.05) is 12.4 Å². The highest BCUT2D eigenvalue weighted by molar-refractivity contribution is 9.10. The Morgan fingerprint density at radius 3 is 2.35 bits per heavy atom. The Morgan fingerprint density at radius 2 is 1.80 bits per heavy atom. The van der Waals surface area contributed by atoms with Gasteiger partial charge in [-0.2, -0.15) is 0 Å². The molecule has 2 aromatic carbocycles. The van der Waals surface area contributed by atoms with Crippen LogP contribution in [0, 0.1) is 0 Å². The SMILES string of the molecule is C=CCC(Nc1ccc(Br)cc1)c1ccc(OC)cc1. The molecule has 20 heavy (non-hydrogen) atoms. The maximum absolute atomic E-state index is 5.19. The lowest BCUT2D eigenvalue weighted by atomic mass is 10.0. The minimum Gasteiger partial charge on any atom is -0.497 e. The highest BCUT2D eigenvalue weighted by Crippen LogP contribution is 2.25. The summed E-state index contributed by atoms with van der Waals surface area (Å²) in [6.45, 7) is 3.84. The van der Waals surface area contributed by atoms with Crippen LogP contribution in [0.15, 0.2) is 65.7 Å². The van der Waals surface area contributed by atoms with E-state index in [1.54, 1.807) is 7.11 Å². The van der Waals surface area contributed by atoms with Gasteiger partial charge < -0.3 is 10.1 Å². The number of benzene rings is 2. The molecule has 0 aliphatic heterocycles. The molecule has 0 bridgehead atoms. The molecule has 104 valence electrons. The lowest BCUT2D eigenvalue weighted by Gasteiger charge is -2.19. The highest BCUT2D eigenvalue weighted by atomic mass is 79.9. The lowest BCUT2D eigenvalue weighted by molar-refractivity contribution is 0.414. The largest absolute Gasteiger partial charge is 0.497 e. The second kappa shape index (κ2) is 7.15.